The van der Waals surface area contributed by atoms with Crippen LogP contribution in [0.25, 0.3) is 11.2 Å². The van der Waals surface area contributed by atoms with Gasteiger partial charge in [0, 0.05) is 0 Å². The summed E-state index contributed by atoms with van der Waals surface area (Å²) in [5.41, 5.74) is 7.04. The summed E-state index contributed by atoms with van der Waals surface area (Å²) in [5, 5.41) is 7.51. The Morgan fingerprint density at radius 2 is 2.21 bits per heavy atom. The van der Waals surface area contributed by atoms with Gasteiger partial charge in [-0.25, -0.2) is 4.98 Å². The van der Waals surface area contributed by atoms with Crippen LogP contribution in [0.3, 0.4) is 0 Å². The molecule has 0 unspecified atom stereocenters. The van der Waals surface area contributed by atoms with Crippen molar-refractivity contribution < 1.29 is 4.42 Å². The lowest BCUT2D eigenvalue weighted by Gasteiger charge is -2.09. The van der Waals surface area contributed by atoms with Gasteiger partial charge in [-0.15, -0.1) is 5.10 Å². The zero-order valence-corrected chi connectivity index (χ0v) is 8.14. The first-order valence-electron chi connectivity index (χ1n) is 4.52. The Labute approximate surface area is 81.3 Å². The van der Waals surface area contributed by atoms with Crippen molar-refractivity contribution in [1.29, 1.82) is 0 Å². The molecule has 74 valence electrons. The summed E-state index contributed by atoms with van der Waals surface area (Å²) >= 11 is 0. The van der Waals surface area contributed by atoms with Crippen LogP contribution in [0.5, 0.6) is 0 Å². The standard InChI is InChI=1S/C9H12N4O/c1-5(2)7(10)9-12-6-3-4-11-13-8(6)14-9/h3-5,7H,10H2,1-2H3/t7-/m0/s1. The maximum Gasteiger partial charge on any atom is 0.266 e. The molecule has 1 atom stereocenters. The van der Waals surface area contributed by atoms with Gasteiger partial charge in [-0.2, -0.15) is 5.10 Å². The van der Waals surface area contributed by atoms with Crippen molar-refractivity contribution in [3.63, 3.8) is 0 Å². The molecule has 0 amide bonds. The molecule has 0 radical (unpaired) electrons. The molecule has 0 aliphatic heterocycles. The summed E-state index contributed by atoms with van der Waals surface area (Å²) in [7, 11) is 0. The van der Waals surface area contributed by atoms with E-state index in [-0.39, 0.29) is 12.0 Å². The van der Waals surface area contributed by atoms with Gasteiger partial charge in [-0.3, -0.25) is 0 Å². The minimum atomic E-state index is -0.191. The van der Waals surface area contributed by atoms with Crippen LogP contribution in [0.1, 0.15) is 25.8 Å². The molecule has 0 saturated heterocycles. The van der Waals surface area contributed by atoms with Crippen molar-refractivity contribution in [2.75, 3.05) is 0 Å². The minimum Gasteiger partial charge on any atom is -0.419 e. The van der Waals surface area contributed by atoms with Crippen LogP contribution >= 0.6 is 0 Å². The van der Waals surface area contributed by atoms with Crippen molar-refractivity contribution in [2.24, 2.45) is 11.7 Å². The third kappa shape index (κ3) is 1.46. The maximum atomic E-state index is 5.90. The Bertz CT molecular complexity index is 404. The van der Waals surface area contributed by atoms with Crippen molar-refractivity contribution in [1.82, 2.24) is 15.2 Å². The van der Waals surface area contributed by atoms with Crippen molar-refractivity contribution >= 4 is 11.2 Å². The average Bonchev–Trinajstić information content (AvgIpc) is 2.59. The second kappa shape index (κ2) is 3.34. The van der Waals surface area contributed by atoms with E-state index in [0.717, 1.165) is 0 Å². The van der Waals surface area contributed by atoms with E-state index in [2.05, 4.69) is 15.2 Å². The molecule has 0 aliphatic carbocycles. The SMILES string of the molecule is CC(C)[C@H](N)c1nc2ccnnc2o1. The van der Waals surface area contributed by atoms with Gasteiger partial charge < -0.3 is 10.2 Å². The first kappa shape index (κ1) is 9.08. The molecule has 2 aromatic heterocycles. The second-order valence-corrected chi connectivity index (χ2v) is 3.54. The molecular formula is C9H12N4O. The van der Waals surface area contributed by atoms with Gasteiger partial charge in [0.15, 0.2) is 0 Å². The van der Waals surface area contributed by atoms with E-state index in [1.807, 2.05) is 13.8 Å². The average molecular weight is 192 g/mol. The fraction of sp³-hybridized carbons (Fsp3) is 0.444. The van der Waals surface area contributed by atoms with E-state index in [4.69, 9.17) is 10.2 Å². The number of hydrogen-bond donors (Lipinski definition) is 1. The molecule has 2 N–H and O–H groups in total. The molecule has 0 fully saturated rings. The zero-order valence-electron chi connectivity index (χ0n) is 8.14. The van der Waals surface area contributed by atoms with E-state index in [0.29, 0.717) is 17.1 Å². The summed E-state index contributed by atoms with van der Waals surface area (Å²) in [5.74, 6) is 0.812. The quantitative estimate of drug-likeness (QED) is 0.775. The van der Waals surface area contributed by atoms with Crippen LogP contribution < -0.4 is 5.73 Å². The van der Waals surface area contributed by atoms with Crippen LogP contribution in [0.4, 0.5) is 0 Å². The highest BCUT2D eigenvalue weighted by molar-refractivity contribution is 5.66. The Morgan fingerprint density at radius 3 is 2.86 bits per heavy atom. The van der Waals surface area contributed by atoms with Gasteiger partial charge in [0.1, 0.15) is 5.52 Å². The molecule has 5 heteroatoms. The molecule has 2 rings (SSSR count). The van der Waals surface area contributed by atoms with Gasteiger partial charge in [0.25, 0.3) is 5.71 Å². The molecule has 14 heavy (non-hydrogen) atoms. The van der Waals surface area contributed by atoms with Crippen molar-refractivity contribution in [3.8, 4) is 0 Å². The van der Waals surface area contributed by atoms with Gasteiger partial charge in [0.05, 0.1) is 12.2 Å². The number of oxazole rings is 1. The normalized spacial score (nSPS) is 13.7. The lowest BCUT2D eigenvalue weighted by Crippen LogP contribution is -2.16. The summed E-state index contributed by atoms with van der Waals surface area (Å²) in [6.45, 7) is 4.04. The number of nitrogens with two attached hydrogens (primary N) is 1. The number of fused-ring (bicyclic) bond motifs is 1. The number of aromatic nitrogens is 3. The van der Waals surface area contributed by atoms with Crippen LogP contribution in [0.15, 0.2) is 16.7 Å². The first-order chi connectivity index (χ1) is 6.68. The van der Waals surface area contributed by atoms with Gasteiger partial charge in [-0.05, 0) is 12.0 Å². The van der Waals surface area contributed by atoms with Crippen LogP contribution in [-0.2, 0) is 0 Å². The second-order valence-electron chi connectivity index (χ2n) is 3.54. The summed E-state index contributed by atoms with van der Waals surface area (Å²) < 4.78 is 5.38. The monoisotopic (exact) mass is 192 g/mol. The predicted octanol–water partition coefficient (Wildman–Crippen LogP) is 1.27. The molecule has 0 bridgehead atoms. The highest BCUT2D eigenvalue weighted by Gasteiger charge is 2.17. The lowest BCUT2D eigenvalue weighted by molar-refractivity contribution is 0.399. The summed E-state index contributed by atoms with van der Waals surface area (Å²) in [6, 6.07) is 1.56. The van der Waals surface area contributed by atoms with Crippen LogP contribution in [0.2, 0.25) is 0 Å². The fourth-order valence-electron chi connectivity index (χ4n) is 1.14. The Morgan fingerprint density at radius 1 is 1.43 bits per heavy atom. The van der Waals surface area contributed by atoms with Crippen LogP contribution in [0, 0.1) is 5.92 Å². The first-order valence-corrected chi connectivity index (χ1v) is 4.52. The van der Waals surface area contributed by atoms with Crippen LogP contribution in [-0.4, -0.2) is 15.2 Å². The molecule has 0 aromatic carbocycles. The molecule has 0 aliphatic rings. The predicted molar refractivity (Wildman–Crippen MR) is 51.4 cm³/mol. The highest BCUT2D eigenvalue weighted by atomic mass is 16.4. The Hall–Kier alpha value is -1.49. The van der Waals surface area contributed by atoms with E-state index >= 15 is 0 Å². The maximum absolute atomic E-state index is 5.90. The highest BCUT2D eigenvalue weighted by Crippen LogP contribution is 2.21. The Balaban J connectivity index is 2.45. The van der Waals surface area contributed by atoms with Gasteiger partial charge >= 0.3 is 0 Å². The number of hydrogen-bond acceptors (Lipinski definition) is 5. The largest absolute Gasteiger partial charge is 0.419 e. The van der Waals surface area contributed by atoms with E-state index in [1.54, 1.807) is 12.3 Å². The number of nitrogens with zero attached hydrogens (tertiary/aromatic N) is 3. The topological polar surface area (TPSA) is 77.8 Å². The Kier molecular flexibility index (Phi) is 2.17. The molecular weight excluding hydrogens is 180 g/mol. The van der Waals surface area contributed by atoms with E-state index < -0.39 is 0 Å². The smallest absolute Gasteiger partial charge is 0.266 e. The zero-order chi connectivity index (χ0) is 10.1. The molecule has 0 saturated carbocycles. The van der Waals surface area contributed by atoms with E-state index in [1.165, 1.54) is 0 Å². The van der Waals surface area contributed by atoms with E-state index in [9.17, 15) is 0 Å². The summed E-state index contributed by atoms with van der Waals surface area (Å²) in [4.78, 5) is 4.24. The fourth-order valence-corrected chi connectivity index (χ4v) is 1.14. The number of rotatable bonds is 2. The molecule has 2 heterocycles. The minimum absolute atomic E-state index is 0.191. The summed E-state index contributed by atoms with van der Waals surface area (Å²) in [6.07, 6.45) is 1.58. The van der Waals surface area contributed by atoms with Crippen molar-refractivity contribution in [2.45, 2.75) is 19.9 Å². The third-order valence-electron chi connectivity index (χ3n) is 2.10. The molecule has 0 spiro atoms. The lowest BCUT2D eigenvalue weighted by atomic mass is 10.1. The van der Waals surface area contributed by atoms with Gasteiger partial charge in [-0.1, -0.05) is 13.8 Å². The third-order valence-corrected chi connectivity index (χ3v) is 2.10. The molecule has 5 nitrogen and oxygen atoms in total. The molecule has 2 aromatic rings. The van der Waals surface area contributed by atoms with Gasteiger partial charge in [0.2, 0.25) is 5.89 Å². The van der Waals surface area contributed by atoms with Crippen molar-refractivity contribution in [3.05, 3.63) is 18.2 Å².